The standard InChI is InChI=1S/C16H12N4O2.C15H9FN4O2/c1-10-4-6-11(7-5-10)16-20-19-14(22-16)9-13-18-15-12(21-13)3-2-8-17-15;16-10-5-3-9(4-6-10)15-20-19-13(22-15)8-12-18-14-11(21-12)2-1-7-17-14/h2-8H,9H2,1H3;1-7H,8H2. The van der Waals surface area contributed by atoms with Crippen LogP contribution in [0.1, 0.15) is 29.1 Å². The molecule has 0 unspecified atom stereocenters. The molecule has 0 saturated heterocycles. The van der Waals surface area contributed by atoms with Gasteiger partial charge < -0.3 is 17.7 Å². The van der Waals surface area contributed by atoms with Crippen molar-refractivity contribution < 1.29 is 22.1 Å². The first-order valence-corrected chi connectivity index (χ1v) is 13.4. The molecule has 0 aliphatic rings. The molecule has 0 spiro atoms. The van der Waals surface area contributed by atoms with Crippen LogP contribution in [0.25, 0.3) is 45.4 Å². The molecule has 0 radical (unpaired) electrons. The van der Waals surface area contributed by atoms with Crippen molar-refractivity contribution in [1.29, 1.82) is 0 Å². The molecule has 0 saturated carbocycles. The molecule has 0 amide bonds. The molecular weight excluding hydrogens is 567 g/mol. The molecule has 0 N–H and O–H groups in total. The van der Waals surface area contributed by atoms with E-state index in [1.807, 2.05) is 37.3 Å². The molecular formula is C31H21FN8O4. The van der Waals surface area contributed by atoms with E-state index in [1.165, 1.54) is 17.7 Å². The molecule has 12 nitrogen and oxygen atoms in total. The predicted molar refractivity (Wildman–Crippen MR) is 153 cm³/mol. The molecule has 6 aromatic heterocycles. The summed E-state index contributed by atoms with van der Waals surface area (Å²) in [5.74, 6) is 2.28. The van der Waals surface area contributed by atoms with Crippen molar-refractivity contribution in [2.24, 2.45) is 0 Å². The average Bonchev–Trinajstić information content (AvgIpc) is 3.85. The summed E-state index contributed by atoms with van der Waals surface area (Å²) in [5, 5.41) is 16.0. The summed E-state index contributed by atoms with van der Waals surface area (Å²) in [6, 6.07) is 20.9. The zero-order valence-electron chi connectivity index (χ0n) is 23.1. The number of fused-ring (bicyclic) bond motifs is 2. The van der Waals surface area contributed by atoms with Gasteiger partial charge in [0.05, 0.1) is 0 Å². The SMILES string of the molecule is Cc1ccc(-c2nnc(Cc3nc4ncccc4o3)o2)cc1.Fc1ccc(-c2nnc(Cc3nc4ncccc4o3)o2)cc1. The third kappa shape index (κ3) is 5.92. The van der Waals surface area contributed by atoms with Crippen LogP contribution in [0.3, 0.4) is 0 Å². The fourth-order valence-corrected chi connectivity index (χ4v) is 4.21. The monoisotopic (exact) mass is 588 g/mol. The summed E-state index contributed by atoms with van der Waals surface area (Å²) in [6.45, 7) is 2.03. The second-order valence-electron chi connectivity index (χ2n) is 9.59. The molecule has 8 rings (SSSR count). The summed E-state index contributed by atoms with van der Waals surface area (Å²) in [4.78, 5) is 16.8. The van der Waals surface area contributed by atoms with E-state index in [0.717, 1.165) is 5.56 Å². The molecule has 0 atom stereocenters. The van der Waals surface area contributed by atoms with Crippen molar-refractivity contribution in [3.63, 3.8) is 0 Å². The highest BCUT2D eigenvalue weighted by atomic mass is 19.1. The second kappa shape index (κ2) is 11.6. The Morgan fingerprint density at radius 2 is 1.02 bits per heavy atom. The van der Waals surface area contributed by atoms with Crippen molar-refractivity contribution >= 4 is 22.5 Å². The summed E-state index contributed by atoms with van der Waals surface area (Å²) in [6.07, 6.45) is 3.94. The summed E-state index contributed by atoms with van der Waals surface area (Å²) >= 11 is 0. The number of pyridine rings is 2. The summed E-state index contributed by atoms with van der Waals surface area (Å²) in [7, 11) is 0. The van der Waals surface area contributed by atoms with Gasteiger partial charge in [-0.05, 0) is 67.6 Å². The van der Waals surface area contributed by atoms with E-state index in [2.05, 4.69) is 40.3 Å². The van der Waals surface area contributed by atoms with E-state index in [9.17, 15) is 4.39 Å². The molecule has 6 heterocycles. The van der Waals surface area contributed by atoms with Crippen LogP contribution in [0.2, 0.25) is 0 Å². The molecule has 8 aromatic rings. The summed E-state index contributed by atoms with van der Waals surface area (Å²) < 4.78 is 35.3. The first-order chi connectivity index (χ1) is 21.6. The van der Waals surface area contributed by atoms with Gasteiger partial charge in [-0.2, -0.15) is 9.97 Å². The van der Waals surface area contributed by atoms with Gasteiger partial charge in [0.25, 0.3) is 0 Å². The molecule has 0 bridgehead atoms. The van der Waals surface area contributed by atoms with Crippen LogP contribution in [0.15, 0.2) is 103 Å². The highest BCUT2D eigenvalue weighted by Crippen LogP contribution is 2.22. The molecule has 0 aliphatic carbocycles. The van der Waals surface area contributed by atoms with E-state index in [4.69, 9.17) is 17.7 Å². The number of hydrogen-bond donors (Lipinski definition) is 0. The lowest BCUT2D eigenvalue weighted by Crippen LogP contribution is -1.88. The number of aromatic nitrogens is 8. The quantitative estimate of drug-likeness (QED) is 0.218. The van der Waals surface area contributed by atoms with Crippen molar-refractivity contribution in [2.75, 3.05) is 0 Å². The van der Waals surface area contributed by atoms with E-state index in [0.29, 0.717) is 69.8 Å². The van der Waals surface area contributed by atoms with Crippen LogP contribution in [-0.2, 0) is 12.8 Å². The van der Waals surface area contributed by atoms with Crippen LogP contribution < -0.4 is 0 Å². The minimum absolute atomic E-state index is 0.268. The normalized spacial score (nSPS) is 11.1. The van der Waals surface area contributed by atoms with E-state index >= 15 is 0 Å². The maximum atomic E-state index is 12.9. The Kier molecular flexibility index (Phi) is 7.08. The number of aryl methyl sites for hydroxylation is 1. The number of oxazole rings is 2. The molecule has 216 valence electrons. The highest BCUT2D eigenvalue weighted by Gasteiger charge is 2.15. The van der Waals surface area contributed by atoms with Gasteiger partial charge in [0, 0.05) is 23.5 Å². The average molecular weight is 589 g/mol. The number of rotatable bonds is 6. The minimum Gasteiger partial charge on any atom is -0.438 e. The molecule has 44 heavy (non-hydrogen) atoms. The largest absolute Gasteiger partial charge is 0.438 e. The lowest BCUT2D eigenvalue weighted by molar-refractivity contribution is 0.475. The third-order valence-electron chi connectivity index (χ3n) is 6.35. The van der Waals surface area contributed by atoms with Crippen molar-refractivity contribution in [3.05, 3.63) is 120 Å². The summed E-state index contributed by atoms with van der Waals surface area (Å²) in [5.41, 5.74) is 5.10. The van der Waals surface area contributed by atoms with Gasteiger partial charge in [-0.3, -0.25) is 0 Å². The van der Waals surface area contributed by atoms with Gasteiger partial charge in [-0.1, -0.05) is 17.7 Å². The van der Waals surface area contributed by atoms with Gasteiger partial charge in [-0.25, -0.2) is 14.4 Å². The zero-order chi connectivity index (χ0) is 29.9. The molecule has 2 aromatic carbocycles. The Bertz CT molecular complexity index is 1950. The van der Waals surface area contributed by atoms with Crippen molar-refractivity contribution in [1.82, 2.24) is 40.3 Å². The van der Waals surface area contributed by atoms with E-state index in [1.54, 1.807) is 42.7 Å². The predicted octanol–water partition coefficient (Wildman–Crippen LogP) is 6.17. The Morgan fingerprint density at radius 1 is 0.545 bits per heavy atom. The fourth-order valence-electron chi connectivity index (χ4n) is 4.21. The molecule has 13 heteroatoms. The second-order valence-corrected chi connectivity index (χ2v) is 9.59. The van der Waals surface area contributed by atoms with Crippen LogP contribution in [0, 0.1) is 12.7 Å². The Labute approximate surface area is 247 Å². The van der Waals surface area contributed by atoms with Crippen LogP contribution in [-0.4, -0.2) is 40.3 Å². The zero-order valence-corrected chi connectivity index (χ0v) is 23.1. The number of hydrogen-bond acceptors (Lipinski definition) is 12. The van der Waals surface area contributed by atoms with Gasteiger partial charge >= 0.3 is 0 Å². The van der Waals surface area contributed by atoms with Gasteiger partial charge in [0.2, 0.25) is 35.3 Å². The fraction of sp³-hybridized carbons (Fsp3) is 0.0968. The van der Waals surface area contributed by atoms with Crippen LogP contribution in [0.4, 0.5) is 4.39 Å². The Balaban J connectivity index is 0.000000142. The van der Waals surface area contributed by atoms with Crippen molar-refractivity contribution in [3.8, 4) is 22.9 Å². The minimum atomic E-state index is -0.317. The maximum Gasteiger partial charge on any atom is 0.247 e. The van der Waals surface area contributed by atoms with E-state index < -0.39 is 0 Å². The van der Waals surface area contributed by atoms with Crippen molar-refractivity contribution in [2.45, 2.75) is 19.8 Å². The maximum absolute atomic E-state index is 12.9. The van der Waals surface area contributed by atoms with Crippen LogP contribution >= 0.6 is 0 Å². The molecule has 0 fully saturated rings. The lowest BCUT2D eigenvalue weighted by Gasteiger charge is -1.95. The molecule has 0 aliphatic heterocycles. The highest BCUT2D eigenvalue weighted by molar-refractivity contribution is 5.67. The van der Waals surface area contributed by atoms with Crippen LogP contribution in [0.5, 0.6) is 0 Å². The smallest absolute Gasteiger partial charge is 0.247 e. The van der Waals surface area contributed by atoms with E-state index in [-0.39, 0.29) is 12.2 Å². The topological polar surface area (TPSA) is 156 Å². The first-order valence-electron chi connectivity index (χ1n) is 13.4. The lowest BCUT2D eigenvalue weighted by atomic mass is 10.1. The number of nitrogens with zero attached hydrogens (tertiary/aromatic N) is 8. The third-order valence-corrected chi connectivity index (χ3v) is 6.35. The van der Waals surface area contributed by atoms with Gasteiger partial charge in [0.1, 0.15) is 18.7 Å². The Morgan fingerprint density at radius 3 is 1.50 bits per heavy atom. The Hall–Kier alpha value is -6.11. The van der Waals surface area contributed by atoms with Gasteiger partial charge in [0.15, 0.2) is 22.5 Å². The number of benzene rings is 2. The van der Waals surface area contributed by atoms with Gasteiger partial charge in [-0.15, -0.1) is 20.4 Å². The number of halogens is 1. The first kappa shape index (κ1) is 26.8.